The van der Waals surface area contributed by atoms with Crippen LogP contribution in [-0.4, -0.2) is 9.97 Å². The molecule has 0 aliphatic heterocycles. The minimum Gasteiger partial charge on any atom is -0.360 e. The van der Waals surface area contributed by atoms with E-state index in [1.54, 1.807) is 0 Å². The molecule has 0 bridgehead atoms. The second-order valence-corrected chi connectivity index (χ2v) is 4.97. The van der Waals surface area contributed by atoms with E-state index in [9.17, 15) is 0 Å². The van der Waals surface area contributed by atoms with Gasteiger partial charge in [-0.15, -0.1) is 11.3 Å². The highest BCUT2D eigenvalue weighted by atomic mass is 32.1. The third kappa shape index (κ3) is 1.52. The van der Waals surface area contributed by atoms with Gasteiger partial charge in [-0.3, -0.25) is 0 Å². The third-order valence-electron chi connectivity index (χ3n) is 2.68. The SMILES string of the molecule is Cc1nc(-c2c[nH]c3ccccc23)c(C#N)s1. The van der Waals surface area contributed by atoms with Crippen LogP contribution in [0.15, 0.2) is 30.5 Å². The number of aromatic nitrogens is 2. The van der Waals surface area contributed by atoms with Crippen molar-refractivity contribution in [1.29, 1.82) is 5.26 Å². The van der Waals surface area contributed by atoms with Crippen LogP contribution in [0.4, 0.5) is 0 Å². The number of H-pyrrole nitrogens is 1. The Morgan fingerprint density at radius 1 is 1.35 bits per heavy atom. The second kappa shape index (κ2) is 3.72. The Morgan fingerprint density at radius 2 is 2.18 bits per heavy atom. The highest BCUT2D eigenvalue weighted by Gasteiger charge is 2.14. The second-order valence-electron chi connectivity index (χ2n) is 3.77. The van der Waals surface area contributed by atoms with Crippen LogP contribution < -0.4 is 0 Å². The summed E-state index contributed by atoms with van der Waals surface area (Å²) in [6.45, 7) is 1.92. The molecule has 0 spiro atoms. The molecule has 1 aromatic carbocycles. The van der Waals surface area contributed by atoms with Crippen LogP contribution in [0.5, 0.6) is 0 Å². The van der Waals surface area contributed by atoms with Crippen molar-refractivity contribution in [2.24, 2.45) is 0 Å². The van der Waals surface area contributed by atoms with Gasteiger partial charge in [-0.05, 0) is 13.0 Å². The van der Waals surface area contributed by atoms with Crippen LogP contribution >= 0.6 is 11.3 Å². The quantitative estimate of drug-likeness (QED) is 0.707. The van der Waals surface area contributed by atoms with Crippen molar-refractivity contribution in [2.75, 3.05) is 0 Å². The maximum Gasteiger partial charge on any atom is 0.132 e. The fraction of sp³-hybridized carbons (Fsp3) is 0.0769. The summed E-state index contributed by atoms with van der Waals surface area (Å²) < 4.78 is 0. The van der Waals surface area contributed by atoms with Crippen molar-refractivity contribution in [3.63, 3.8) is 0 Å². The number of benzene rings is 1. The fourth-order valence-corrected chi connectivity index (χ4v) is 2.68. The van der Waals surface area contributed by atoms with Gasteiger partial charge in [0.25, 0.3) is 0 Å². The standard InChI is InChI=1S/C13H9N3S/c1-8-16-13(12(6-14)17-8)10-7-15-11-5-3-2-4-9(10)11/h2-5,7,15H,1H3. The topological polar surface area (TPSA) is 52.5 Å². The van der Waals surface area contributed by atoms with Crippen molar-refractivity contribution < 1.29 is 0 Å². The number of aryl methyl sites for hydroxylation is 1. The summed E-state index contributed by atoms with van der Waals surface area (Å²) in [5, 5.41) is 11.1. The zero-order chi connectivity index (χ0) is 11.8. The molecule has 0 aliphatic carbocycles. The zero-order valence-electron chi connectivity index (χ0n) is 9.19. The summed E-state index contributed by atoms with van der Waals surface area (Å²) in [4.78, 5) is 8.33. The molecule has 3 rings (SSSR count). The van der Waals surface area contributed by atoms with Crippen LogP contribution in [0, 0.1) is 18.3 Å². The Morgan fingerprint density at radius 3 is 3.00 bits per heavy atom. The largest absolute Gasteiger partial charge is 0.360 e. The molecular weight excluding hydrogens is 230 g/mol. The molecule has 0 amide bonds. The molecule has 0 fully saturated rings. The zero-order valence-corrected chi connectivity index (χ0v) is 10.0. The van der Waals surface area contributed by atoms with E-state index < -0.39 is 0 Å². The lowest BCUT2D eigenvalue weighted by Crippen LogP contribution is -1.79. The van der Waals surface area contributed by atoms with Gasteiger partial charge in [0.1, 0.15) is 16.6 Å². The van der Waals surface area contributed by atoms with Gasteiger partial charge in [-0.2, -0.15) is 5.26 Å². The van der Waals surface area contributed by atoms with Gasteiger partial charge in [0.05, 0.1) is 5.01 Å². The maximum atomic E-state index is 9.11. The number of aromatic amines is 1. The summed E-state index contributed by atoms with van der Waals surface area (Å²) in [5.74, 6) is 0. The van der Waals surface area contributed by atoms with E-state index >= 15 is 0 Å². The highest BCUT2D eigenvalue weighted by Crippen LogP contribution is 2.32. The molecule has 0 aliphatic rings. The number of nitriles is 1. The van der Waals surface area contributed by atoms with Crippen LogP contribution in [0.2, 0.25) is 0 Å². The molecule has 0 saturated heterocycles. The average molecular weight is 239 g/mol. The number of thiazole rings is 1. The maximum absolute atomic E-state index is 9.11. The van der Waals surface area contributed by atoms with E-state index in [1.165, 1.54) is 11.3 Å². The summed E-state index contributed by atoms with van der Waals surface area (Å²) in [6, 6.07) is 10.2. The molecule has 1 N–H and O–H groups in total. The van der Waals surface area contributed by atoms with Crippen molar-refractivity contribution in [3.8, 4) is 17.3 Å². The number of nitrogens with zero attached hydrogens (tertiary/aromatic N) is 2. The Hall–Kier alpha value is -2.12. The van der Waals surface area contributed by atoms with Gasteiger partial charge in [0.15, 0.2) is 0 Å². The minimum atomic E-state index is 0.673. The molecular formula is C13H9N3S. The van der Waals surface area contributed by atoms with Crippen molar-refractivity contribution >= 4 is 22.2 Å². The molecule has 0 atom stereocenters. The van der Waals surface area contributed by atoms with Crippen LogP contribution in [0.1, 0.15) is 9.88 Å². The molecule has 82 valence electrons. The molecule has 3 nitrogen and oxygen atoms in total. The number of hydrogen-bond acceptors (Lipinski definition) is 3. The van der Waals surface area contributed by atoms with Crippen LogP contribution in [-0.2, 0) is 0 Å². The van der Waals surface area contributed by atoms with E-state index in [2.05, 4.69) is 16.0 Å². The summed E-state index contributed by atoms with van der Waals surface area (Å²) in [5.41, 5.74) is 2.85. The fourth-order valence-electron chi connectivity index (χ4n) is 1.95. The summed E-state index contributed by atoms with van der Waals surface area (Å²) in [7, 11) is 0. The molecule has 4 heteroatoms. The predicted octanol–water partition coefficient (Wildman–Crippen LogP) is 3.47. The van der Waals surface area contributed by atoms with Gasteiger partial charge in [-0.25, -0.2) is 4.98 Å². The van der Waals surface area contributed by atoms with E-state index in [1.807, 2.05) is 37.4 Å². The molecule has 17 heavy (non-hydrogen) atoms. The van der Waals surface area contributed by atoms with E-state index in [-0.39, 0.29) is 0 Å². The van der Waals surface area contributed by atoms with Gasteiger partial charge >= 0.3 is 0 Å². The summed E-state index contributed by atoms with van der Waals surface area (Å²) >= 11 is 1.44. The predicted molar refractivity (Wildman–Crippen MR) is 68.9 cm³/mol. The average Bonchev–Trinajstić information content (AvgIpc) is 2.91. The molecule has 0 radical (unpaired) electrons. The van der Waals surface area contributed by atoms with E-state index in [0.717, 1.165) is 27.2 Å². The van der Waals surface area contributed by atoms with Gasteiger partial charge < -0.3 is 4.98 Å². The first-order chi connectivity index (χ1) is 8.29. The Kier molecular flexibility index (Phi) is 2.20. The van der Waals surface area contributed by atoms with Crippen molar-refractivity contribution in [1.82, 2.24) is 9.97 Å². The van der Waals surface area contributed by atoms with Crippen LogP contribution in [0.25, 0.3) is 22.2 Å². The normalized spacial score (nSPS) is 10.6. The first-order valence-corrected chi connectivity index (χ1v) is 6.05. The molecule has 2 aromatic heterocycles. The smallest absolute Gasteiger partial charge is 0.132 e. The number of hydrogen-bond donors (Lipinski definition) is 1. The highest BCUT2D eigenvalue weighted by molar-refractivity contribution is 7.12. The van der Waals surface area contributed by atoms with Crippen molar-refractivity contribution in [2.45, 2.75) is 6.92 Å². The number of fused-ring (bicyclic) bond motifs is 1. The Bertz CT molecular complexity index is 731. The van der Waals surface area contributed by atoms with Gasteiger partial charge in [-0.1, -0.05) is 18.2 Å². The minimum absolute atomic E-state index is 0.673. The van der Waals surface area contributed by atoms with E-state index in [4.69, 9.17) is 5.26 Å². The van der Waals surface area contributed by atoms with Gasteiger partial charge in [0.2, 0.25) is 0 Å². The third-order valence-corrected chi connectivity index (χ3v) is 3.56. The van der Waals surface area contributed by atoms with Crippen LogP contribution in [0.3, 0.4) is 0 Å². The monoisotopic (exact) mass is 239 g/mol. The first-order valence-electron chi connectivity index (χ1n) is 5.23. The molecule has 2 heterocycles. The Labute approximate surface area is 102 Å². The summed E-state index contributed by atoms with van der Waals surface area (Å²) in [6.07, 6.45) is 1.92. The van der Waals surface area contributed by atoms with Gasteiger partial charge in [0, 0.05) is 22.7 Å². The lowest BCUT2D eigenvalue weighted by molar-refractivity contribution is 1.29. The molecule has 3 aromatic rings. The lowest BCUT2D eigenvalue weighted by atomic mass is 10.1. The number of para-hydroxylation sites is 1. The Balaban J connectivity index is 2.31. The number of nitrogens with one attached hydrogen (secondary N) is 1. The lowest BCUT2D eigenvalue weighted by Gasteiger charge is -1.94. The number of rotatable bonds is 1. The van der Waals surface area contributed by atoms with Crippen molar-refractivity contribution in [3.05, 3.63) is 40.3 Å². The molecule has 0 saturated carbocycles. The molecule has 0 unspecified atom stereocenters. The first kappa shape index (κ1) is 10.1. The van der Waals surface area contributed by atoms with E-state index in [0.29, 0.717) is 4.88 Å².